The molecule has 1 N–H and O–H groups in total. The zero-order valence-electron chi connectivity index (χ0n) is 24.1. The molecule has 0 unspecified atom stereocenters. The second-order valence-corrected chi connectivity index (χ2v) is 11.5. The van der Waals surface area contributed by atoms with Crippen LogP contribution >= 0.6 is 0 Å². The Kier molecular flexibility index (Phi) is 8.09. The van der Waals surface area contributed by atoms with E-state index in [0.717, 1.165) is 72.1 Å². The number of fused-ring (bicyclic) bond motifs is 2. The van der Waals surface area contributed by atoms with Crippen molar-refractivity contribution in [1.82, 2.24) is 19.8 Å². The molecule has 0 aliphatic carbocycles. The Labute approximate surface area is 242 Å². The largest absolute Gasteiger partial charge is 0.508 e. The van der Waals surface area contributed by atoms with E-state index >= 15 is 0 Å². The molecule has 2 fully saturated rings. The van der Waals surface area contributed by atoms with Crippen LogP contribution in [0.5, 0.6) is 11.8 Å². The zero-order valence-corrected chi connectivity index (χ0v) is 24.1. The van der Waals surface area contributed by atoms with E-state index < -0.39 is 0 Å². The number of nitrogens with zero attached hydrogens (tertiary/aromatic N) is 7. The highest BCUT2D eigenvalue weighted by molar-refractivity contribution is 5.96. The van der Waals surface area contributed by atoms with E-state index in [1.54, 1.807) is 0 Å². The normalized spacial score (nSPS) is 19.0. The molecule has 1 aromatic heterocycles. The van der Waals surface area contributed by atoms with Crippen LogP contribution in [0.4, 0.5) is 17.2 Å². The van der Waals surface area contributed by atoms with Crippen LogP contribution in [-0.2, 0) is 24.2 Å². The van der Waals surface area contributed by atoms with Crippen LogP contribution in [0.3, 0.4) is 0 Å². The average Bonchev–Trinajstić information content (AvgIpc) is 3.38. The Bertz CT molecular complexity index is 1330. The number of piperidine rings is 1. The third-order valence-electron chi connectivity index (χ3n) is 8.63. The minimum Gasteiger partial charge on any atom is -0.508 e. The maximum atomic E-state index is 12.2. The number of carbonyl (C=O) groups excluding carboxylic acids is 1. The zero-order chi connectivity index (χ0) is 28.3. The predicted octanol–water partition coefficient (Wildman–Crippen LogP) is 3.48. The molecule has 0 atom stereocenters. The lowest BCUT2D eigenvalue weighted by Crippen LogP contribution is -2.49. The maximum absolute atomic E-state index is 12.2. The molecule has 4 aliphatic heterocycles. The molecule has 2 aromatic rings. The lowest BCUT2D eigenvalue weighted by Gasteiger charge is -2.38. The molecule has 10 nitrogen and oxygen atoms in total. The van der Waals surface area contributed by atoms with Crippen molar-refractivity contribution in [3.05, 3.63) is 41.6 Å². The highest BCUT2D eigenvalue weighted by Crippen LogP contribution is 2.42. The third kappa shape index (κ3) is 6.02. The minimum absolute atomic E-state index is 0.0284. The maximum Gasteiger partial charge on any atom is 0.318 e. The number of benzene rings is 1. The van der Waals surface area contributed by atoms with Crippen LogP contribution < -0.4 is 14.5 Å². The number of ether oxygens (including phenoxy) is 1. The standard InChI is InChI=1S/C31H41N7O3/c1-3-28(40)36-13-15-37(16-14-36)30-25-8-12-38(27-20-24(39)19-23-18-22(2)32-29(23)27)21-26(25)33-31(34-30)41-17-7-11-35-9-5-4-6-10-35/h3,19-20,39H,1,4-18,21H2,2H3. The molecule has 2 saturated heterocycles. The van der Waals surface area contributed by atoms with Gasteiger partial charge in [-0.05, 0) is 63.4 Å². The van der Waals surface area contributed by atoms with Crippen LogP contribution in [0.25, 0.3) is 0 Å². The Hall–Kier alpha value is -3.66. The molecule has 0 spiro atoms. The van der Waals surface area contributed by atoms with Gasteiger partial charge in [0.25, 0.3) is 0 Å². The second-order valence-electron chi connectivity index (χ2n) is 11.5. The summed E-state index contributed by atoms with van der Waals surface area (Å²) in [5.74, 6) is 1.16. The molecule has 4 aliphatic rings. The van der Waals surface area contributed by atoms with Crippen LogP contribution in [0.2, 0.25) is 0 Å². The van der Waals surface area contributed by atoms with E-state index in [1.807, 2.05) is 24.0 Å². The van der Waals surface area contributed by atoms with Gasteiger partial charge in [-0.2, -0.15) is 9.97 Å². The summed E-state index contributed by atoms with van der Waals surface area (Å²) in [7, 11) is 0. The number of likely N-dealkylation sites (tertiary alicyclic amines) is 1. The third-order valence-corrected chi connectivity index (χ3v) is 8.63. The summed E-state index contributed by atoms with van der Waals surface area (Å²) in [5, 5.41) is 10.5. The van der Waals surface area contributed by atoms with Crippen molar-refractivity contribution in [1.29, 1.82) is 0 Å². The van der Waals surface area contributed by atoms with Gasteiger partial charge >= 0.3 is 6.01 Å². The number of aromatic nitrogens is 2. The second kappa shape index (κ2) is 12.1. The number of carbonyl (C=O) groups is 1. The van der Waals surface area contributed by atoms with Gasteiger partial charge in [0.05, 0.1) is 30.2 Å². The topological polar surface area (TPSA) is 97.6 Å². The smallest absolute Gasteiger partial charge is 0.318 e. The number of hydrogen-bond acceptors (Lipinski definition) is 9. The van der Waals surface area contributed by atoms with Gasteiger partial charge in [-0.25, -0.2) is 0 Å². The number of aliphatic imine (C=N–C) groups is 1. The Morgan fingerprint density at radius 1 is 1.05 bits per heavy atom. The molecule has 0 bridgehead atoms. The average molecular weight is 560 g/mol. The number of aromatic hydroxyl groups is 1. The Balaban J connectivity index is 1.23. The van der Waals surface area contributed by atoms with Crippen molar-refractivity contribution in [3.63, 3.8) is 0 Å². The fourth-order valence-corrected chi connectivity index (χ4v) is 6.50. The van der Waals surface area contributed by atoms with Gasteiger partial charge in [0.1, 0.15) is 11.6 Å². The van der Waals surface area contributed by atoms with Gasteiger partial charge in [-0.3, -0.25) is 9.79 Å². The molecule has 5 heterocycles. The van der Waals surface area contributed by atoms with Crippen LogP contribution in [0, 0.1) is 0 Å². The summed E-state index contributed by atoms with van der Waals surface area (Å²) in [6.07, 6.45) is 7.78. The van der Waals surface area contributed by atoms with E-state index in [1.165, 1.54) is 38.4 Å². The lowest BCUT2D eigenvalue weighted by molar-refractivity contribution is -0.126. The number of amides is 1. The highest BCUT2D eigenvalue weighted by Gasteiger charge is 2.30. The van der Waals surface area contributed by atoms with Crippen molar-refractivity contribution >= 4 is 28.8 Å². The van der Waals surface area contributed by atoms with Gasteiger partial charge in [0, 0.05) is 63.0 Å². The number of rotatable bonds is 8. The van der Waals surface area contributed by atoms with E-state index in [2.05, 4.69) is 21.3 Å². The molecule has 0 radical (unpaired) electrons. The highest BCUT2D eigenvalue weighted by atomic mass is 16.5. The predicted molar refractivity (Wildman–Crippen MR) is 161 cm³/mol. The molecule has 218 valence electrons. The Morgan fingerprint density at radius 2 is 1.85 bits per heavy atom. The number of anilines is 2. The lowest BCUT2D eigenvalue weighted by atomic mass is 10.0. The minimum atomic E-state index is -0.0284. The SMILES string of the molecule is C=CC(=O)N1CCN(c2nc(OCCCN3CCCCC3)nc3c2CCN(c2cc(O)cc4c2N=C(C)C4)C3)CC1. The van der Waals surface area contributed by atoms with E-state index in [-0.39, 0.29) is 11.7 Å². The van der Waals surface area contributed by atoms with Crippen LogP contribution in [-0.4, -0.2) is 95.5 Å². The molecular weight excluding hydrogens is 518 g/mol. The summed E-state index contributed by atoms with van der Waals surface area (Å²) in [6.45, 7) is 13.7. The number of hydrogen-bond donors (Lipinski definition) is 1. The fourth-order valence-electron chi connectivity index (χ4n) is 6.50. The Morgan fingerprint density at radius 3 is 2.63 bits per heavy atom. The summed E-state index contributed by atoms with van der Waals surface area (Å²) in [4.78, 5) is 35.7. The molecule has 6 rings (SSSR count). The van der Waals surface area contributed by atoms with Crippen molar-refractivity contribution in [3.8, 4) is 11.8 Å². The molecule has 41 heavy (non-hydrogen) atoms. The van der Waals surface area contributed by atoms with Gasteiger partial charge in [-0.1, -0.05) is 13.0 Å². The van der Waals surface area contributed by atoms with E-state index in [4.69, 9.17) is 19.7 Å². The van der Waals surface area contributed by atoms with Crippen molar-refractivity contribution in [2.24, 2.45) is 4.99 Å². The first kappa shape index (κ1) is 27.5. The van der Waals surface area contributed by atoms with Crippen LogP contribution in [0.1, 0.15) is 49.4 Å². The fraction of sp³-hybridized carbons (Fsp3) is 0.548. The summed E-state index contributed by atoms with van der Waals surface area (Å²) in [6, 6.07) is 4.06. The van der Waals surface area contributed by atoms with E-state index in [0.29, 0.717) is 45.3 Å². The van der Waals surface area contributed by atoms with Gasteiger partial charge in [0.2, 0.25) is 5.91 Å². The van der Waals surface area contributed by atoms with E-state index in [9.17, 15) is 9.90 Å². The number of phenols is 1. The molecule has 10 heteroatoms. The van der Waals surface area contributed by atoms with Crippen molar-refractivity contribution in [2.75, 3.05) is 68.8 Å². The molecular formula is C31H41N7O3. The number of piperazine rings is 1. The first-order valence-electron chi connectivity index (χ1n) is 15.0. The first-order valence-corrected chi connectivity index (χ1v) is 15.0. The van der Waals surface area contributed by atoms with Gasteiger partial charge in [0.15, 0.2) is 0 Å². The van der Waals surface area contributed by atoms with Crippen molar-refractivity contribution in [2.45, 2.75) is 52.0 Å². The van der Waals surface area contributed by atoms with Gasteiger partial charge in [-0.15, -0.1) is 0 Å². The molecule has 1 aromatic carbocycles. The summed E-state index contributed by atoms with van der Waals surface area (Å²) >= 11 is 0. The number of phenolic OH excluding ortho intramolecular Hbond substituents is 1. The van der Waals surface area contributed by atoms with Crippen LogP contribution in [0.15, 0.2) is 29.8 Å². The molecule has 1 amide bonds. The quantitative estimate of drug-likeness (QED) is 0.388. The summed E-state index contributed by atoms with van der Waals surface area (Å²) in [5.41, 5.74) is 6.12. The first-order chi connectivity index (χ1) is 20.0. The van der Waals surface area contributed by atoms with Crippen molar-refractivity contribution < 1.29 is 14.6 Å². The monoisotopic (exact) mass is 559 g/mol. The summed E-state index contributed by atoms with van der Waals surface area (Å²) < 4.78 is 6.19. The van der Waals surface area contributed by atoms with Gasteiger partial charge < -0.3 is 29.4 Å². The molecule has 0 saturated carbocycles.